The first-order chi connectivity index (χ1) is 6.70. The van der Waals surface area contributed by atoms with Gasteiger partial charge in [-0.1, -0.05) is 18.2 Å². The van der Waals surface area contributed by atoms with Gasteiger partial charge in [-0.25, -0.2) is 0 Å². The predicted octanol–water partition coefficient (Wildman–Crippen LogP) is -0.0342. The van der Waals surface area contributed by atoms with Crippen LogP contribution in [0, 0.1) is 0 Å². The molecule has 1 spiro atoms. The van der Waals surface area contributed by atoms with E-state index in [9.17, 15) is 10.2 Å². The first-order valence-corrected chi connectivity index (χ1v) is 4.64. The largest absolute Gasteiger partial charge is 0.385 e. The Labute approximate surface area is 82.4 Å². The van der Waals surface area contributed by atoms with Gasteiger partial charge < -0.3 is 19.7 Å². The van der Waals surface area contributed by atoms with Crippen molar-refractivity contribution >= 4 is 0 Å². The zero-order chi connectivity index (χ0) is 10.2. The quantitative estimate of drug-likeness (QED) is 0.581. The molecule has 4 nitrogen and oxygen atoms in total. The van der Waals surface area contributed by atoms with Crippen LogP contribution in [0.15, 0.2) is 24.8 Å². The third-order valence-corrected chi connectivity index (χ3v) is 2.80. The van der Waals surface area contributed by atoms with E-state index >= 15 is 0 Å². The van der Waals surface area contributed by atoms with Crippen molar-refractivity contribution in [2.75, 3.05) is 6.61 Å². The lowest BCUT2D eigenvalue weighted by Crippen LogP contribution is -2.50. The van der Waals surface area contributed by atoms with Gasteiger partial charge in [0.1, 0.15) is 17.8 Å². The maximum absolute atomic E-state index is 9.79. The third-order valence-electron chi connectivity index (χ3n) is 2.80. The number of ether oxygens (including phenoxy) is 2. The summed E-state index contributed by atoms with van der Waals surface area (Å²) in [6.45, 7) is 4.04. The second-order valence-electron chi connectivity index (χ2n) is 3.57. The molecule has 2 N–H and O–H groups in total. The molecule has 14 heavy (non-hydrogen) atoms. The highest BCUT2D eigenvalue weighted by Crippen LogP contribution is 2.38. The molecule has 2 aliphatic rings. The number of hydrogen-bond acceptors (Lipinski definition) is 4. The molecule has 1 saturated heterocycles. The summed E-state index contributed by atoms with van der Waals surface area (Å²) in [7, 11) is 0. The standard InChI is InChI=1S/C10H14O4/c1-2-7-10(5-3-4-6-13-10)8(11)9(12)14-7/h2-4,7-9,11-12H,1,5-6H2/t7-,8+,9?,10-/m1/s1. The van der Waals surface area contributed by atoms with Gasteiger partial charge in [-0.05, 0) is 0 Å². The monoisotopic (exact) mass is 198 g/mol. The van der Waals surface area contributed by atoms with Crippen LogP contribution < -0.4 is 0 Å². The van der Waals surface area contributed by atoms with Gasteiger partial charge in [0.2, 0.25) is 0 Å². The van der Waals surface area contributed by atoms with Gasteiger partial charge in [0.15, 0.2) is 6.29 Å². The first-order valence-electron chi connectivity index (χ1n) is 4.64. The molecule has 0 aromatic carbocycles. The summed E-state index contributed by atoms with van der Waals surface area (Å²) in [5.41, 5.74) is -0.851. The van der Waals surface area contributed by atoms with Gasteiger partial charge in [0, 0.05) is 6.42 Å². The van der Waals surface area contributed by atoms with Crippen LogP contribution in [0.2, 0.25) is 0 Å². The van der Waals surface area contributed by atoms with E-state index in [-0.39, 0.29) is 0 Å². The summed E-state index contributed by atoms with van der Waals surface area (Å²) in [4.78, 5) is 0. The fourth-order valence-electron chi connectivity index (χ4n) is 2.01. The van der Waals surface area contributed by atoms with E-state index in [0.29, 0.717) is 13.0 Å². The highest BCUT2D eigenvalue weighted by molar-refractivity contribution is 5.14. The predicted molar refractivity (Wildman–Crippen MR) is 49.5 cm³/mol. The summed E-state index contributed by atoms with van der Waals surface area (Å²) in [6.07, 6.45) is 3.21. The lowest BCUT2D eigenvalue weighted by molar-refractivity contribution is -0.133. The molecule has 4 atom stereocenters. The number of aliphatic hydroxyl groups is 2. The second kappa shape index (κ2) is 3.47. The average Bonchev–Trinajstić information content (AvgIpc) is 2.45. The second-order valence-corrected chi connectivity index (χ2v) is 3.57. The molecule has 1 unspecified atom stereocenters. The van der Waals surface area contributed by atoms with Gasteiger partial charge >= 0.3 is 0 Å². The third kappa shape index (κ3) is 1.23. The van der Waals surface area contributed by atoms with Crippen LogP contribution in [0.5, 0.6) is 0 Å². The van der Waals surface area contributed by atoms with Crippen LogP contribution in [0.25, 0.3) is 0 Å². The van der Waals surface area contributed by atoms with Gasteiger partial charge in [-0.3, -0.25) is 0 Å². The minimum Gasteiger partial charge on any atom is -0.385 e. The summed E-state index contributed by atoms with van der Waals surface area (Å²) in [6, 6.07) is 0. The molecule has 2 aliphatic heterocycles. The van der Waals surface area contributed by atoms with Crippen molar-refractivity contribution in [1.29, 1.82) is 0 Å². The summed E-state index contributed by atoms with van der Waals surface area (Å²) in [5.74, 6) is 0. The van der Waals surface area contributed by atoms with Crippen molar-refractivity contribution in [2.45, 2.75) is 30.5 Å². The van der Waals surface area contributed by atoms with Gasteiger partial charge in [-0.2, -0.15) is 0 Å². The van der Waals surface area contributed by atoms with Crippen LogP contribution in [0.1, 0.15) is 6.42 Å². The summed E-state index contributed by atoms with van der Waals surface area (Å²) < 4.78 is 10.7. The molecule has 0 bridgehead atoms. The normalized spacial score (nSPS) is 47.1. The van der Waals surface area contributed by atoms with E-state index in [1.807, 2.05) is 12.2 Å². The Morgan fingerprint density at radius 1 is 1.43 bits per heavy atom. The molecular weight excluding hydrogens is 184 g/mol. The summed E-state index contributed by atoms with van der Waals surface area (Å²) >= 11 is 0. The molecule has 0 saturated carbocycles. The lowest BCUT2D eigenvalue weighted by Gasteiger charge is -2.35. The molecule has 0 aliphatic carbocycles. The minimum absolute atomic E-state index is 0.428. The zero-order valence-corrected chi connectivity index (χ0v) is 7.80. The Hall–Kier alpha value is -0.680. The first kappa shape index (κ1) is 9.86. The molecule has 0 radical (unpaired) electrons. The van der Waals surface area contributed by atoms with Crippen molar-refractivity contribution in [1.82, 2.24) is 0 Å². The zero-order valence-electron chi connectivity index (χ0n) is 7.80. The lowest BCUT2D eigenvalue weighted by atomic mass is 9.87. The number of aliphatic hydroxyl groups excluding tert-OH is 2. The van der Waals surface area contributed by atoms with E-state index in [4.69, 9.17) is 9.47 Å². The molecule has 0 aromatic rings. The van der Waals surface area contributed by atoms with Crippen molar-refractivity contribution in [2.24, 2.45) is 0 Å². The van der Waals surface area contributed by atoms with Crippen LogP contribution >= 0.6 is 0 Å². The van der Waals surface area contributed by atoms with Crippen LogP contribution in [0.3, 0.4) is 0 Å². The molecule has 1 fully saturated rings. The van der Waals surface area contributed by atoms with Crippen molar-refractivity contribution < 1.29 is 19.7 Å². The van der Waals surface area contributed by atoms with E-state index in [1.54, 1.807) is 6.08 Å². The maximum atomic E-state index is 9.79. The Kier molecular flexibility index (Phi) is 2.45. The highest BCUT2D eigenvalue weighted by Gasteiger charge is 2.55. The Balaban J connectivity index is 2.29. The number of rotatable bonds is 1. The molecule has 78 valence electrons. The average molecular weight is 198 g/mol. The smallest absolute Gasteiger partial charge is 0.184 e. The van der Waals surface area contributed by atoms with Crippen LogP contribution in [-0.4, -0.2) is 40.9 Å². The number of hydrogen-bond donors (Lipinski definition) is 2. The molecular formula is C10H14O4. The van der Waals surface area contributed by atoms with E-state index in [1.165, 1.54) is 0 Å². The van der Waals surface area contributed by atoms with E-state index in [0.717, 1.165) is 0 Å². The SMILES string of the molecule is C=C[C@H]1OC(O)[C@H](O)[C@@]12CC=CCO2. The Bertz CT molecular complexity index is 263. The topological polar surface area (TPSA) is 58.9 Å². The van der Waals surface area contributed by atoms with Gasteiger partial charge in [0.05, 0.1) is 6.61 Å². The Morgan fingerprint density at radius 2 is 2.21 bits per heavy atom. The molecule has 0 amide bonds. The fraction of sp³-hybridized carbons (Fsp3) is 0.600. The van der Waals surface area contributed by atoms with Crippen molar-refractivity contribution in [3.8, 4) is 0 Å². The van der Waals surface area contributed by atoms with Crippen LogP contribution in [0.4, 0.5) is 0 Å². The van der Waals surface area contributed by atoms with Crippen LogP contribution in [-0.2, 0) is 9.47 Å². The van der Waals surface area contributed by atoms with E-state index in [2.05, 4.69) is 6.58 Å². The van der Waals surface area contributed by atoms with E-state index < -0.39 is 24.1 Å². The molecule has 2 rings (SSSR count). The molecule has 2 heterocycles. The molecule has 0 aromatic heterocycles. The fourth-order valence-corrected chi connectivity index (χ4v) is 2.01. The van der Waals surface area contributed by atoms with Crippen molar-refractivity contribution in [3.05, 3.63) is 24.8 Å². The summed E-state index contributed by atoms with van der Waals surface area (Å²) in [5, 5.41) is 19.2. The maximum Gasteiger partial charge on any atom is 0.184 e. The van der Waals surface area contributed by atoms with Crippen molar-refractivity contribution in [3.63, 3.8) is 0 Å². The van der Waals surface area contributed by atoms with Gasteiger partial charge in [-0.15, -0.1) is 6.58 Å². The minimum atomic E-state index is -1.19. The van der Waals surface area contributed by atoms with Gasteiger partial charge in [0.25, 0.3) is 0 Å². The highest BCUT2D eigenvalue weighted by atomic mass is 16.7. The Morgan fingerprint density at radius 3 is 2.79 bits per heavy atom. The molecule has 4 heteroatoms.